The third kappa shape index (κ3) is 3.36. The lowest BCUT2D eigenvalue weighted by atomic mass is 10.2. The van der Waals surface area contributed by atoms with Gasteiger partial charge < -0.3 is 5.32 Å². The standard InChI is InChI=1S/C13H10BrF2N3O/c1-7-17-10(12(15)16)6-11(18-7)13(20)19-9-5-3-2-4-8(9)14/h2-6,12H,1H3,(H,19,20). The first-order chi connectivity index (χ1) is 9.47. The predicted molar refractivity (Wildman–Crippen MR) is 73.8 cm³/mol. The number of carbonyl (C=O) groups excluding carboxylic acids is 1. The van der Waals surface area contributed by atoms with E-state index in [0.29, 0.717) is 10.2 Å². The predicted octanol–water partition coefficient (Wildman–Crippen LogP) is 3.74. The molecule has 0 radical (unpaired) electrons. The Morgan fingerprint density at radius 2 is 2.00 bits per heavy atom. The van der Waals surface area contributed by atoms with E-state index in [1.165, 1.54) is 6.92 Å². The van der Waals surface area contributed by atoms with Gasteiger partial charge in [-0.1, -0.05) is 12.1 Å². The Kier molecular flexibility index (Phi) is 4.39. The number of nitrogens with one attached hydrogen (secondary N) is 1. The molecule has 1 amide bonds. The molecule has 1 aromatic heterocycles. The summed E-state index contributed by atoms with van der Waals surface area (Å²) >= 11 is 3.28. The lowest BCUT2D eigenvalue weighted by Crippen LogP contribution is -2.16. The van der Waals surface area contributed by atoms with Crippen LogP contribution in [-0.4, -0.2) is 15.9 Å². The summed E-state index contributed by atoms with van der Waals surface area (Å²) in [4.78, 5) is 19.5. The Morgan fingerprint density at radius 3 is 2.65 bits per heavy atom. The van der Waals surface area contributed by atoms with Crippen molar-refractivity contribution in [3.05, 3.63) is 52.0 Å². The Hall–Kier alpha value is -1.89. The van der Waals surface area contributed by atoms with Gasteiger partial charge in [0.1, 0.15) is 17.2 Å². The summed E-state index contributed by atoms with van der Waals surface area (Å²) < 4.78 is 26.0. The monoisotopic (exact) mass is 341 g/mol. The molecule has 0 atom stereocenters. The summed E-state index contributed by atoms with van der Waals surface area (Å²) in [6.07, 6.45) is -2.74. The Balaban J connectivity index is 2.28. The number of para-hydroxylation sites is 1. The third-order valence-corrected chi connectivity index (χ3v) is 3.13. The van der Waals surface area contributed by atoms with Gasteiger partial charge in [0, 0.05) is 4.47 Å². The van der Waals surface area contributed by atoms with Crippen LogP contribution in [0.4, 0.5) is 14.5 Å². The third-order valence-electron chi connectivity index (χ3n) is 2.44. The quantitative estimate of drug-likeness (QED) is 0.925. The second-order valence-electron chi connectivity index (χ2n) is 3.96. The van der Waals surface area contributed by atoms with E-state index in [0.717, 1.165) is 6.07 Å². The minimum atomic E-state index is -2.74. The van der Waals surface area contributed by atoms with E-state index in [9.17, 15) is 13.6 Å². The molecule has 0 bridgehead atoms. The van der Waals surface area contributed by atoms with Crippen LogP contribution in [0.25, 0.3) is 0 Å². The number of aromatic nitrogens is 2. The molecule has 0 saturated carbocycles. The maximum atomic E-state index is 12.7. The molecule has 0 unspecified atom stereocenters. The number of hydrogen-bond donors (Lipinski definition) is 1. The maximum Gasteiger partial charge on any atom is 0.280 e. The molecule has 0 aliphatic carbocycles. The van der Waals surface area contributed by atoms with E-state index >= 15 is 0 Å². The number of rotatable bonds is 3. The van der Waals surface area contributed by atoms with Gasteiger partial charge in [-0.3, -0.25) is 4.79 Å². The fourth-order valence-electron chi connectivity index (χ4n) is 1.57. The van der Waals surface area contributed by atoms with E-state index in [2.05, 4.69) is 31.2 Å². The normalized spacial score (nSPS) is 10.7. The molecule has 20 heavy (non-hydrogen) atoms. The summed E-state index contributed by atoms with van der Waals surface area (Å²) in [5, 5.41) is 2.60. The molecule has 2 aromatic rings. The first kappa shape index (κ1) is 14.5. The van der Waals surface area contributed by atoms with Gasteiger partial charge >= 0.3 is 0 Å². The number of alkyl halides is 2. The lowest BCUT2D eigenvalue weighted by molar-refractivity contribution is 0.102. The van der Waals surface area contributed by atoms with Crippen LogP contribution in [-0.2, 0) is 0 Å². The fraction of sp³-hybridized carbons (Fsp3) is 0.154. The molecule has 0 spiro atoms. The van der Waals surface area contributed by atoms with Crippen LogP contribution in [0.2, 0.25) is 0 Å². The highest BCUT2D eigenvalue weighted by Crippen LogP contribution is 2.22. The van der Waals surface area contributed by atoms with Gasteiger partial charge in [0.25, 0.3) is 12.3 Å². The maximum absolute atomic E-state index is 12.7. The molecule has 0 saturated heterocycles. The number of hydrogen-bond acceptors (Lipinski definition) is 3. The van der Waals surface area contributed by atoms with Crippen molar-refractivity contribution in [2.45, 2.75) is 13.3 Å². The highest BCUT2D eigenvalue weighted by atomic mass is 79.9. The smallest absolute Gasteiger partial charge is 0.280 e. The number of benzene rings is 1. The molecule has 7 heteroatoms. The van der Waals surface area contributed by atoms with Gasteiger partial charge in [-0.05, 0) is 41.1 Å². The molecule has 0 fully saturated rings. The zero-order valence-corrected chi connectivity index (χ0v) is 12.0. The van der Waals surface area contributed by atoms with Crippen molar-refractivity contribution in [1.82, 2.24) is 9.97 Å². The molecular formula is C13H10BrF2N3O. The molecule has 4 nitrogen and oxygen atoms in total. The van der Waals surface area contributed by atoms with Crippen LogP contribution < -0.4 is 5.32 Å². The topological polar surface area (TPSA) is 54.9 Å². The van der Waals surface area contributed by atoms with E-state index in [1.54, 1.807) is 24.3 Å². The van der Waals surface area contributed by atoms with Crippen molar-refractivity contribution in [2.75, 3.05) is 5.32 Å². The highest BCUT2D eigenvalue weighted by Gasteiger charge is 2.16. The molecule has 0 aliphatic heterocycles. The van der Waals surface area contributed by atoms with Crippen molar-refractivity contribution in [1.29, 1.82) is 0 Å². The van der Waals surface area contributed by atoms with Crippen molar-refractivity contribution in [3.8, 4) is 0 Å². The second kappa shape index (κ2) is 6.04. The Morgan fingerprint density at radius 1 is 1.30 bits per heavy atom. The summed E-state index contributed by atoms with van der Waals surface area (Å²) in [7, 11) is 0. The summed E-state index contributed by atoms with van der Waals surface area (Å²) in [5.74, 6) is -0.440. The van der Waals surface area contributed by atoms with Gasteiger partial charge in [-0.15, -0.1) is 0 Å². The molecule has 104 valence electrons. The molecule has 1 heterocycles. The van der Waals surface area contributed by atoms with E-state index in [4.69, 9.17) is 0 Å². The number of nitrogens with zero attached hydrogens (tertiary/aromatic N) is 2. The van der Waals surface area contributed by atoms with E-state index in [1.807, 2.05) is 0 Å². The van der Waals surface area contributed by atoms with Crippen LogP contribution in [0.5, 0.6) is 0 Å². The molecule has 0 aliphatic rings. The molecular weight excluding hydrogens is 332 g/mol. The van der Waals surface area contributed by atoms with Crippen LogP contribution >= 0.6 is 15.9 Å². The number of halogens is 3. The molecule has 1 aromatic carbocycles. The summed E-state index contributed by atoms with van der Waals surface area (Å²) in [6.45, 7) is 1.46. The van der Waals surface area contributed by atoms with E-state index in [-0.39, 0.29) is 11.5 Å². The number of amides is 1. The first-order valence-electron chi connectivity index (χ1n) is 5.67. The zero-order chi connectivity index (χ0) is 14.7. The van der Waals surface area contributed by atoms with Gasteiger partial charge in [0.2, 0.25) is 0 Å². The van der Waals surface area contributed by atoms with E-state index < -0.39 is 18.0 Å². The molecule has 2 rings (SSSR count). The van der Waals surface area contributed by atoms with Gasteiger partial charge in [0.05, 0.1) is 5.69 Å². The zero-order valence-electron chi connectivity index (χ0n) is 10.4. The van der Waals surface area contributed by atoms with Gasteiger partial charge in [-0.25, -0.2) is 18.7 Å². The van der Waals surface area contributed by atoms with Gasteiger partial charge in [-0.2, -0.15) is 0 Å². The lowest BCUT2D eigenvalue weighted by Gasteiger charge is -2.08. The Labute approximate surface area is 122 Å². The van der Waals surface area contributed by atoms with Crippen molar-refractivity contribution >= 4 is 27.5 Å². The number of anilines is 1. The minimum Gasteiger partial charge on any atom is -0.320 e. The van der Waals surface area contributed by atoms with Crippen LogP contribution in [0.1, 0.15) is 28.4 Å². The second-order valence-corrected chi connectivity index (χ2v) is 4.81. The Bertz CT molecular complexity index is 649. The summed E-state index contributed by atoms with van der Waals surface area (Å²) in [5.41, 5.74) is -0.0225. The van der Waals surface area contributed by atoms with Crippen LogP contribution in [0.3, 0.4) is 0 Å². The summed E-state index contributed by atoms with van der Waals surface area (Å²) in [6, 6.07) is 7.97. The minimum absolute atomic E-state index is 0.0939. The first-order valence-corrected chi connectivity index (χ1v) is 6.46. The van der Waals surface area contributed by atoms with Crippen LogP contribution in [0.15, 0.2) is 34.8 Å². The van der Waals surface area contributed by atoms with Gasteiger partial charge in [0.15, 0.2) is 0 Å². The average Bonchev–Trinajstić information content (AvgIpc) is 2.40. The SMILES string of the molecule is Cc1nc(C(=O)Nc2ccccc2Br)cc(C(F)F)n1. The number of aryl methyl sites for hydroxylation is 1. The van der Waals surface area contributed by atoms with Crippen molar-refractivity contribution < 1.29 is 13.6 Å². The largest absolute Gasteiger partial charge is 0.320 e. The average molecular weight is 342 g/mol. The fourth-order valence-corrected chi connectivity index (χ4v) is 1.95. The van der Waals surface area contributed by atoms with Crippen LogP contribution in [0, 0.1) is 6.92 Å². The molecule has 1 N–H and O–H groups in total. The van der Waals surface area contributed by atoms with Crippen molar-refractivity contribution in [2.24, 2.45) is 0 Å². The highest BCUT2D eigenvalue weighted by molar-refractivity contribution is 9.10. The number of carbonyl (C=O) groups is 1. The van der Waals surface area contributed by atoms with Crippen molar-refractivity contribution in [3.63, 3.8) is 0 Å².